The number of hydrogen-bond acceptors (Lipinski definition) is 1. The minimum Gasteiger partial charge on any atom is -0.261 e. The van der Waals surface area contributed by atoms with E-state index in [9.17, 15) is 9.18 Å². The predicted molar refractivity (Wildman–Crippen MR) is 30.2 cm³/mol. The molecule has 0 spiro atoms. The van der Waals surface area contributed by atoms with Crippen LogP contribution < -0.4 is 0 Å². The summed E-state index contributed by atoms with van der Waals surface area (Å²) < 4.78 is 11.7. The Morgan fingerprint density at radius 2 is 1.88 bits per heavy atom. The van der Waals surface area contributed by atoms with Gasteiger partial charge in [-0.3, -0.25) is 4.79 Å². The van der Waals surface area contributed by atoms with Crippen LogP contribution in [0.15, 0.2) is 0 Å². The highest BCUT2D eigenvalue weighted by molar-refractivity contribution is 5.70. The Labute approximate surface area is 48.9 Å². The average Bonchev–Trinajstić information content (AvgIpc) is 1.69. The molecule has 0 rings (SSSR count). The van der Waals surface area contributed by atoms with E-state index in [2.05, 4.69) is 0 Å². The van der Waals surface area contributed by atoms with Gasteiger partial charge < -0.3 is 0 Å². The third kappa shape index (κ3) is 2.05. The molecule has 0 saturated heterocycles. The smallest absolute Gasteiger partial charge is 0.261 e. The standard InChI is InChI=1S/C6H11FO/c1-3-5(4-2)6(7)8/h5H,3-4H2,1-2H3. The fourth-order valence-electron chi connectivity index (χ4n) is 0.610. The monoisotopic (exact) mass is 118 g/mol. The highest BCUT2D eigenvalue weighted by atomic mass is 19.1. The molecule has 0 heterocycles. The molecule has 0 amide bonds. The Bertz CT molecular complexity index is 76.6. The molecule has 0 N–H and O–H groups in total. The van der Waals surface area contributed by atoms with E-state index in [1.807, 2.05) is 13.8 Å². The van der Waals surface area contributed by atoms with Gasteiger partial charge in [0, 0.05) is 5.92 Å². The average molecular weight is 118 g/mol. The number of carbonyl (C=O) groups excluding carboxylic acids is 1. The molecule has 8 heavy (non-hydrogen) atoms. The number of carbonyl (C=O) groups is 1. The van der Waals surface area contributed by atoms with Crippen molar-refractivity contribution in [1.29, 1.82) is 0 Å². The molecule has 0 aliphatic carbocycles. The van der Waals surface area contributed by atoms with Crippen molar-refractivity contribution in [2.75, 3.05) is 0 Å². The van der Waals surface area contributed by atoms with Gasteiger partial charge in [-0.15, -0.1) is 0 Å². The fraction of sp³-hybridized carbons (Fsp3) is 0.833. The van der Waals surface area contributed by atoms with E-state index in [-0.39, 0.29) is 5.92 Å². The summed E-state index contributed by atoms with van der Waals surface area (Å²) in [6.07, 6.45) is 1.23. The molecule has 0 aromatic carbocycles. The summed E-state index contributed by atoms with van der Waals surface area (Å²) in [4.78, 5) is 9.94. The minimum atomic E-state index is -1.17. The minimum absolute atomic E-state index is 0.352. The fourth-order valence-corrected chi connectivity index (χ4v) is 0.610. The maximum atomic E-state index is 11.7. The maximum absolute atomic E-state index is 11.7. The van der Waals surface area contributed by atoms with Crippen molar-refractivity contribution in [3.8, 4) is 0 Å². The molecule has 0 aliphatic rings. The van der Waals surface area contributed by atoms with E-state index >= 15 is 0 Å². The Morgan fingerprint density at radius 1 is 1.50 bits per heavy atom. The van der Waals surface area contributed by atoms with Gasteiger partial charge in [0.2, 0.25) is 0 Å². The van der Waals surface area contributed by atoms with Crippen LogP contribution in [0.4, 0.5) is 4.39 Å². The van der Waals surface area contributed by atoms with Gasteiger partial charge in [0.1, 0.15) is 0 Å². The second-order valence-electron chi connectivity index (χ2n) is 1.82. The van der Waals surface area contributed by atoms with Gasteiger partial charge in [0.05, 0.1) is 0 Å². The molecule has 0 aromatic heterocycles. The van der Waals surface area contributed by atoms with Crippen LogP contribution in [0.1, 0.15) is 26.7 Å². The Balaban J connectivity index is 3.52. The van der Waals surface area contributed by atoms with E-state index in [0.29, 0.717) is 12.8 Å². The molecular formula is C6H11FO. The van der Waals surface area contributed by atoms with Crippen molar-refractivity contribution >= 4 is 6.04 Å². The Morgan fingerprint density at radius 3 is 1.88 bits per heavy atom. The molecule has 0 atom stereocenters. The normalized spacial score (nSPS) is 10.0. The molecule has 0 aliphatic heterocycles. The summed E-state index contributed by atoms with van der Waals surface area (Å²) in [5, 5.41) is 0. The van der Waals surface area contributed by atoms with Gasteiger partial charge in [0.15, 0.2) is 0 Å². The first-order valence-corrected chi connectivity index (χ1v) is 2.91. The summed E-state index contributed by atoms with van der Waals surface area (Å²) in [5.41, 5.74) is 0. The summed E-state index contributed by atoms with van der Waals surface area (Å²) in [5.74, 6) is -0.352. The molecule has 0 saturated carbocycles. The zero-order valence-electron chi connectivity index (χ0n) is 5.28. The van der Waals surface area contributed by atoms with Crippen LogP contribution >= 0.6 is 0 Å². The largest absolute Gasteiger partial charge is 0.304 e. The van der Waals surface area contributed by atoms with Crippen LogP contribution in [-0.4, -0.2) is 6.04 Å². The molecule has 0 fully saturated rings. The van der Waals surface area contributed by atoms with Crippen LogP contribution in [0.3, 0.4) is 0 Å². The highest BCUT2D eigenvalue weighted by Crippen LogP contribution is 2.08. The van der Waals surface area contributed by atoms with E-state index in [4.69, 9.17) is 0 Å². The van der Waals surface area contributed by atoms with Crippen molar-refractivity contribution in [2.24, 2.45) is 5.92 Å². The Kier molecular flexibility index (Phi) is 3.40. The van der Waals surface area contributed by atoms with Gasteiger partial charge in [-0.1, -0.05) is 13.8 Å². The number of rotatable bonds is 3. The lowest BCUT2D eigenvalue weighted by Gasteiger charge is -2.01. The van der Waals surface area contributed by atoms with Crippen molar-refractivity contribution in [1.82, 2.24) is 0 Å². The first-order chi connectivity index (χ1) is 3.72. The van der Waals surface area contributed by atoms with E-state index < -0.39 is 6.04 Å². The molecule has 0 radical (unpaired) electrons. The maximum Gasteiger partial charge on any atom is 0.304 e. The summed E-state index contributed by atoms with van der Waals surface area (Å²) in [7, 11) is 0. The van der Waals surface area contributed by atoms with Gasteiger partial charge >= 0.3 is 6.04 Å². The lowest BCUT2D eigenvalue weighted by Crippen LogP contribution is -2.05. The summed E-state index contributed by atoms with van der Waals surface area (Å²) in [6, 6.07) is -1.17. The number of hydrogen-bond donors (Lipinski definition) is 0. The molecule has 0 bridgehead atoms. The van der Waals surface area contributed by atoms with E-state index in [1.54, 1.807) is 0 Å². The van der Waals surface area contributed by atoms with Crippen LogP contribution in [0.2, 0.25) is 0 Å². The first kappa shape index (κ1) is 7.60. The molecule has 1 nitrogen and oxygen atoms in total. The predicted octanol–water partition coefficient (Wildman–Crippen LogP) is 1.92. The van der Waals surface area contributed by atoms with Crippen molar-refractivity contribution in [3.63, 3.8) is 0 Å². The second-order valence-corrected chi connectivity index (χ2v) is 1.82. The number of halogens is 1. The molecular weight excluding hydrogens is 107 g/mol. The van der Waals surface area contributed by atoms with Crippen molar-refractivity contribution < 1.29 is 9.18 Å². The van der Waals surface area contributed by atoms with Crippen molar-refractivity contribution in [3.05, 3.63) is 0 Å². The van der Waals surface area contributed by atoms with Crippen molar-refractivity contribution in [2.45, 2.75) is 26.7 Å². The second kappa shape index (κ2) is 3.58. The topological polar surface area (TPSA) is 17.1 Å². The summed E-state index contributed by atoms with van der Waals surface area (Å²) in [6.45, 7) is 3.62. The first-order valence-electron chi connectivity index (χ1n) is 2.91. The van der Waals surface area contributed by atoms with E-state index in [0.717, 1.165) is 0 Å². The van der Waals surface area contributed by atoms with Gasteiger partial charge in [-0.25, -0.2) is 0 Å². The zero-order valence-corrected chi connectivity index (χ0v) is 5.28. The van der Waals surface area contributed by atoms with Gasteiger partial charge in [-0.05, 0) is 12.8 Å². The zero-order chi connectivity index (χ0) is 6.57. The van der Waals surface area contributed by atoms with Gasteiger partial charge in [-0.2, -0.15) is 4.39 Å². The molecule has 48 valence electrons. The van der Waals surface area contributed by atoms with Crippen LogP contribution in [0.25, 0.3) is 0 Å². The third-order valence-corrected chi connectivity index (χ3v) is 1.31. The summed E-state index contributed by atoms with van der Waals surface area (Å²) >= 11 is 0. The highest BCUT2D eigenvalue weighted by Gasteiger charge is 2.11. The molecule has 0 unspecified atom stereocenters. The van der Waals surface area contributed by atoms with E-state index in [1.165, 1.54) is 0 Å². The lowest BCUT2D eigenvalue weighted by molar-refractivity contribution is -0.133. The lowest BCUT2D eigenvalue weighted by atomic mass is 10.1. The SMILES string of the molecule is CCC(CC)C(=O)F. The van der Waals surface area contributed by atoms with Crippen LogP contribution in [0.5, 0.6) is 0 Å². The Hall–Kier alpha value is -0.400. The molecule has 0 aromatic rings. The third-order valence-electron chi connectivity index (χ3n) is 1.31. The quantitative estimate of drug-likeness (QED) is 0.517. The van der Waals surface area contributed by atoms with Gasteiger partial charge in [0.25, 0.3) is 0 Å². The van der Waals surface area contributed by atoms with Crippen LogP contribution in [0, 0.1) is 5.92 Å². The molecule has 2 heteroatoms. The van der Waals surface area contributed by atoms with Crippen LogP contribution in [-0.2, 0) is 4.79 Å².